The SMILES string of the molecule is CC(Br)C(=O)c1ccc(OC(F)F)cc1CC#N. The van der Waals surface area contributed by atoms with E-state index in [4.69, 9.17) is 5.26 Å². The van der Waals surface area contributed by atoms with E-state index in [-0.39, 0.29) is 18.0 Å². The summed E-state index contributed by atoms with van der Waals surface area (Å²) in [5.74, 6) is -0.266. The second kappa shape index (κ2) is 6.45. The van der Waals surface area contributed by atoms with Gasteiger partial charge < -0.3 is 4.74 Å². The van der Waals surface area contributed by atoms with Crippen LogP contribution < -0.4 is 4.74 Å². The van der Waals surface area contributed by atoms with Crippen LogP contribution in [0.15, 0.2) is 18.2 Å². The molecule has 0 saturated heterocycles. The Bertz CT molecular complexity index is 483. The number of benzene rings is 1. The Hall–Kier alpha value is -1.48. The molecule has 1 aromatic carbocycles. The minimum absolute atomic E-state index is 0.0404. The first-order valence-electron chi connectivity index (χ1n) is 5.08. The van der Waals surface area contributed by atoms with Crippen molar-refractivity contribution in [2.45, 2.75) is 24.8 Å². The van der Waals surface area contributed by atoms with Crippen LogP contribution in [-0.2, 0) is 6.42 Å². The summed E-state index contributed by atoms with van der Waals surface area (Å²) in [6.45, 7) is -1.28. The lowest BCUT2D eigenvalue weighted by atomic mass is 10.00. The average Bonchev–Trinajstić information content (AvgIpc) is 2.28. The molecule has 0 aliphatic carbocycles. The highest BCUT2D eigenvalue weighted by Crippen LogP contribution is 2.22. The second-order valence-electron chi connectivity index (χ2n) is 3.51. The summed E-state index contributed by atoms with van der Waals surface area (Å²) in [6, 6.07) is 5.86. The molecule has 0 spiro atoms. The van der Waals surface area contributed by atoms with Gasteiger partial charge >= 0.3 is 6.61 Å². The maximum Gasteiger partial charge on any atom is 0.387 e. The largest absolute Gasteiger partial charge is 0.435 e. The molecule has 6 heteroatoms. The van der Waals surface area contributed by atoms with E-state index in [9.17, 15) is 13.6 Å². The summed E-state index contributed by atoms with van der Waals surface area (Å²) >= 11 is 3.14. The lowest BCUT2D eigenvalue weighted by Crippen LogP contribution is -2.13. The van der Waals surface area contributed by atoms with Gasteiger partial charge in [-0.15, -0.1) is 0 Å². The predicted octanol–water partition coefficient (Wildman–Crippen LogP) is 3.32. The first-order valence-corrected chi connectivity index (χ1v) is 6.00. The third-order valence-electron chi connectivity index (χ3n) is 2.20. The lowest BCUT2D eigenvalue weighted by Gasteiger charge is -2.10. The van der Waals surface area contributed by atoms with Gasteiger partial charge in [-0.3, -0.25) is 4.79 Å². The zero-order chi connectivity index (χ0) is 13.7. The Kier molecular flexibility index (Phi) is 5.23. The Morgan fingerprint density at radius 2 is 2.22 bits per heavy atom. The molecule has 0 aliphatic heterocycles. The van der Waals surface area contributed by atoms with Gasteiger partial charge in [0.05, 0.1) is 17.3 Å². The van der Waals surface area contributed by atoms with E-state index < -0.39 is 11.4 Å². The van der Waals surface area contributed by atoms with Crippen LogP contribution in [0.25, 0.3) is 0 Å². The van der Waals surface area contributed by atoms with E-state index in [2.05, 4.69) is 20.7 Å². The number of carbonyl (C=O) groups excluding carboxylic acids is 1. The molecular formula is C12H10BrF2NO2. The zero-order valence-corrected chi connectivity index (χ0v) is 11.1. The molecule has 0 aliphatic rings. The van der Waals surface area contributed by atoms with Crippen LogP contribution in [0.5, 0.6) is 5.75 Å². The Morgan fingerprint density at radius 3 is 2.72 bits per heavy atom. The summed E-state index contributed by atoms with van der Waals surface area (Å²) in [5.41, 5.74) is 0.717. The van der Waals surface area contributed by atoms with Crippen LogP contribution in [0.2, 0.25) is 0 Å². The van der Waals surface area contributed by atoms with Crippen molar-refractivity contribution in [1.29, 1.82) is 5.26 Å². The molecule has 1 unspecified atom stereocenters. The van der Waals surface area contributed by atoms with Crippen molar-refractivity contribution in [3.63, 3.8) is 0 Å². The molecule has 0 aromatic heterocycles. The minimum atomic E-state index is -2.93. The van der Waals surface area contributed by atoms with Gasteiger partial charge in [-0.1, -0.05) is 15.9 Å². The maximum atomic E-state index is 12.1. The van der Waals surface area contributed by atoms with Crippen LogP contribution in [0.4, 0.5) is 8.78 Å². The summed E-state index contributed by atoms with van der Waals surface area (Å²) in [7, 11) is 0. The first kappa shape index (κ1) is 14.6. The fourth-order valence-corrected chi connectivity index (χ4v) is 1.68. The number of alkyl halides is 3. The van der Waals surface area contributed by atoms with E-state index in [0.717, 1.165) is 0 Å². The monoisotopic (exact) mass is 317 g/mol. The molecular weight excluding hydrogens is 308 g/mol. The Balaban J connectivity index is 3.12. The third kappa shape index (κ3) is 3.77. The quantitative estimate of drug-likeness (QED) is 0.618. The van der Waals surface area contributed by atoms with Crippen molar-refractivity contribution >= 4 is 21.7 Å². The molecule has 0 fully saturated rings. The summed E-state index contributed by atoms with van der Waals surface area (Å²) in [6.07, 6.45) is -0.0404. The molecule has 0 saturated carbocycles. The molecule has 0 bridgehead atoms. The molecule has 18 heavy (non-hydrogen) atoms. The van der Waals surface area contributed by atoms with Crippen LogP contribution >= 0.6 is 15.9 Å². The predicted molar refractivity (Wildman–Crippen MR) is 65.1 cm³/mol. The number of hydrogen-bond donors (Lipinski definition) is 0. The molecule has 96 valence electrons. The van der Waals surface area contributed by atoms with E-state index >= 15 is 0 Å². The van der Waals surface area contributed by atoms with Crippen LogP contribution in [0.1, 0.15) is 22.8 Å². The number of Topliss-reactive ketones (excluding diaryl/α,β-unsaturated/α-hetero) is 1. The van der Waals surface area contributed by atoms with Gasteiger partial charge in [0.25, 0.3) is 0 Å². The standard InChI is InChI=1S/C12H10BrF2NO2/c1-7(13)11(17)10-3-2-9(18-12(14)15)6-8(10)4-5-16/h2-3,6-7,12H,4H2,1H3. The van der Waals surface area contributed by atoms with E-state index in [1.165, 1.54) is 18.2 Å². The zero-order valence-electron chi connectivity index (χ0n) is 9.49. The molecule has 1 rings (SSSR count). The molecule has 1 atom stereocenters. The van der Waals surface area contributed by atoms with Gasteiger partial charge in [-0.05, 0) is 30.7 Å². The molecule has 0 radical (unpaired) electrons. The van der Waals surface area contributed by atoms with Crippen LogP contribution in [0, 0.1) is 11.3 Å². The fraction of sp³-hybridized carbons (Fsp3) is 0.333. The van der Waals surface area contributed by atoms with Crippen molar-refractivity contribution in [1.82, 2.24) is 0 Å². The normalized spacial score (nSPS) is 12.0. The highest BCUT2D eigenvalue weighted by atomic mass is 79.9. The maximum absolute atomic E-state index is 12.1. The fourth-order valence-electron chi connectivity index (χ4n) is 1.43. The smallest absolute Gasteiger partial charge is 0.387 e. The third-order valence-corrected chi connectivity index (χ3v) is 2.61. The van der Waals surface area contributed by atoms with Gasteiger partial charge in [0, 0.05) is 5.56 Å². The van der Waals surface area contributed by atoms with Crippen molar-refractivity contribution in [2.24, 2.45) is 0 Å². The van der Waals surface area contributed by atoms with Gasteiger partial charge in [-0.2, -0.15) is 14.0 Å². The topological polar surface area (TPSA) is 50.1 Å². The summed E-state index contributed by atoms with van der Waals surface area (Å²) < 4.78 is 28.4. The number of halogens is 3. The Labute approximate surface area is 111 Å². The first-order chi connectivity index (χ1) is 8.45. The average molecular weight is 318 g/mol. The number of nitrogens with zero attached hydrogens (tertiary/aromatic N) is 1. The van der Waals surface area contributed by atoms with Crippen molar-refractivity contribution < 1.29 is 18.3 Å². The number of nitriles is 1. The Morgan fingerprint density at radius 1 is 1.56 bits per heavy atom. The number of hydrogen-bond acceptors (Lipinski definition) is 3. The molecule has 0 N–H and O–H groups in total. The van der Waals surface area contributed by atoms with E-state index in [1.54, 1.807) is 6.92 Å². The summed E-state index contributed by atoms with van der Waals surface area (Å²) in [5, 5.41) is 8.68. The van der Waals surface area contributed by atoms with Gasteiger partial charge in [-0.25, -0.2) is 0 Å². The van der Waals surface area contributed by atoms with Crippen LogP contribution in [-0.4, -0.2) is 17.2 Å². The highest BCUT2D eigenvalue weighted by Gasteiger charge is 2.17. The number of ketones is 1. The molecule has 0 amide bonds. The number of carbonyl (C=O) groups is 1. The van der Waals surface area contributed by atoms with Crippen molar-refractivity contribution in [3.8, 4) is 11.8 Å². The van der Waals surface area contributed by atoms with E-state index in [0.29, 0.717) is 11.1 Å². The highest BCUT2D eigenvalue weighted by molar-refractivity contribution is 9.10. The van der Waals surface area contributed by atoms with Gasteiger partial charge in [0.15, 0.2) is 5.78 Å². The molecule has 0 heterocycles. The van der Waals surface area contributed by atoms with Gasteiger partial charge in [0.1, 0.15) is 5.75 Å². The van der Waals surface area contributed by atoms with Gasteiger partial charge in [0.2, 0.25) is 0 Å². The van der Waals surface area contributed by atoms with Crippen molar-refractivity contribution in [3.05, 3.63) is 29.3 Å². The number of ether oxygens (including phenoxy) is 1. The molecule has 1 aromatic rings. The van der Waals surface area contributed by atoms with E-state index in [1.807, 2.05) is 6.07 Å². The van der Waals surface area contributed by atoms with Crippen molar-refractivity contribution in [2.75, 3.05) is 0 Å². The lowest BCUT2D eigenvalue weighted by molar-refractivity contribution is -0.0498. The second-order valence-corrected chi connectivity index (χ2v) is 4.89. The summed E-state index contributed by atoms with van der Waals surface area (Å²) in [4.78, 5) is 11.4. The minimum Gasteiger partial charge on any atom is -0.435 e. The van der Waals surface area contributed by atoms with Crippen LogP contribution in [0.3, 0.4) is 0 Å². The number of rotatable bonds is 5. The molecule has 3 nitrogen and oxygen atoms in total.